The summed E-state index contributed by atoms with van der Waals surface area (Å²) in [6.45, 7) is 2.24. The van der Waals surface area contributed by atoms with Crippen LogP contribution in [0.3, 0.4) is 0 Å². The molecule has 8 heteroatoms. The summed E-state index contributed by atoms with van der Waals surface area (Å²) in [4.78, 5) is 8.78. The van der Waals surface area contributed by atoms with Crippen molar-refractivity contribution in [3.8, 4) is 17.2 Å². The number of hydrogen-bond donors (Lipinski definition) is 1. The van der Waals surface area contributed by atoms with Crippen LogP contribution in [0.25, 0.3) is 16.7 Å². The molecule has 0 spiro atoms. The minimum atomic E-state index is 0.238. The molecule has 0 radical (unpaired) electrons. The number of aryl methyl sites for hydroxylation is 1. The van der Waals surface area contributed by atoms with Crippen LogP contribution >= 0.6 is 11.6 Å². The molecular weight excluding hydrogens is 366 g/mol. The monoisotopic (exact) mass is 379 g/mol. The number of ether oxygens (including phenoxy) is 2. The Hall–Kier alpha value is -3.32. The molecule has 0 saturated carbocycles. The molecule has 1 aliphatic heterocycles. The highest BCUT2D eigenvalue weighted by atomic mass is 35.5. The first kappa shape index (κ1) is 15.9. The van der Waals surface area contributed by atoms with Crippen LogP contribution in [-0.4, -0.2) is 26.5 Å². The number of halogens is 1. The lowest BCUT2D eigenvalue weighted by Gasteiger charge is -2.09. The number of benzene rings is 2. The van der Waals surface area contributed by atoms with E-state index in [4.69, 9.17) is 21.1 Å². The molecule has 0 atom stereocenters. The van der Waals surface area contributed by atoms with Crippen molar-refractivity contribution in [1.82, 2.24) is 19.7 Å². The molecule has 1 aliphatic rings. The molecule has 0 saturated heterocycles. The summed E-state index contributed by atoms with van der Waals surface area (Å²) in [6.07, 6.45) is 3.25. The highest BCUT2D eigenvalue weighted by Gasteiger charge is 2.16. The van der Waals surface area contributed by atoms with Gasteiger partial charge in [-0.1, -0.05) is 17.7 Å². The second kappa shape index (κ2) is 6.14. The Labute approximate surface area is 159 Å². The van der Waals surface area contributed by atoms with Gasteiger partial charge in [0.25, 0.3) is 0 Å². The highest BCUT2D eigenvalue weighted by molar-refractivity contribution is 6.30. The number of fused-ring (bicyclic) bond motifs is 2. The third kappa shape index (κ3) is 2.72. The molecule has 134 valence electrons. The van der Waals surface area contributed by atoms with Gasteiger partial charge in [0.15, 0.2) is 17.1 Å². The Morgan fingerprint density at radius 1 is 1.07 bits per heavy atom. The van der Waals surface area contributed by atoms with E-state index in [1.807, 2.05) is 43.3 Å². The SMILES string of the molecule is Cc1ccc(Cl)cc1-n1ncc2c(Nc3ccc4c(c3)OCO4)ncnc21. The van der Waals surface area contributed by atoms with Crippen LogP contribution in [0.15, 0.2) is 48.9 Å². The summed E-state index contributed by atoms with van der Waals surface area (Å²) in [5.74, 6) is 2.10. The van der Waals surface area contributed by atoms with Gasteiger partial charge in [-0.3, -0.25) is 0 Å². The Bertz CT molecular complexity index is 1170. The van der Waals surface area contributed by atoms with Gasteiger partial charge < -0.3 is 14.8 Å². The van der Waals surface area contributed by atoms with Gasteiger partial charge in [-0.15, -0.1) is 0 Å². The second-order valence-corrected chi connectivity index (χ2v) is 6.58. The summed E-state index contributed by atoms with van der Waals surface area (Å²) in [7, 11) is 0. The van der Waals surface area contributed by atoms with Crippen LogP contribution in [0, 0.1) is 6.92 Å². The molecule has 0 bridgehead atoms. The highest BCUT2D eigenvalue weighted by Crippen LogP contribution is 2.35. The number of aromatic nitrogens is 4. The number of nitrogens with one attached hydrogen (secondary N) is 1. The average molecular weight is 380 g/mol. The Morgan fingerprint density at radius 3 is 2.89 bits per heavy atom. The first-order valence-corrected chi connectivity index (χ1v) is 8.69. The van der Waals surface area contributed by atoms with Crippen molar-refractivity contribution in [2.45, 2.75) is 6.92 Å². The topological polar surface area (TPSA) is 74.1 Å². The van der Waals surface area contributed by atoms with Crippen LogP contribution in [0.2, 0.25) is 5.02 Å². The Kier molecular flexibility index (Phi) is 3.61. The largest absolute Gasteiger partial charge is 0.454 e. The molecule has 0 amide bonds. The molecule has 3 heterocycles. The summed E-state index contributed by atoms with van der Waals surface area (Å²) in [6, 6.07) is 11.3. The first-order valence-electron chi connectivity index (χ1n) is 8.31. The van der Waals surface area contributed by atoms with Crippen LogP contribution in [0.4, 0.5) is 11.5 Å². The van der Waals surface area contributed by atoms with Gasteiger partial charge in [-0.05, 0) is 36.8 Å². The van der Waals surface area contributed by atoms with Gasteiger partial charge in [0.05, 0.1) is 17.3 Å². The van der Waals surface area contributed by atoms with Gasteiger partial charge in [0.2, 0.25) is 6.79 Å². The zero-order chi connectivity index (χ0) is 18.4. The third-order valence-electron chi connectivity index (χ3n) is 4.40. The average Bonchev–Trinajstić information content (AvgIpc) is 3.30. The lowest BCUT2D eigenvalue weighted by atomic mass is 10.2. The zero-order valence-electron chi connectivity index (χ0n) is 14.3. The number of nitrogens with zero attached hydrogens (tertiary/aromatic N) is 4. The fourth-order valence-electron chi connectivity index (χ4n) is 3.04. The molecular formula is C19H14ClN5O2. The lowest BCUT2D eigenvalue weighted by molar-refractivity contribution is 0.174. The number of rotatable bonds is 3. The van der Waals surface area contributed by atoms with Crippen molar-refractivity contribution in [3.63, 3.8) is 0 Å². The van der Waals surface area contributed by atoms with E-state index in [0.717, 1.165) is 28.1 Å². The smallest absolute Gasteiger partial charge is 0.231 e. The fourth-order valence-corrected chi connectivity index (χ4v) is 3.21. The second-order valence-electron chi connectivity index (χ2n) is 6.14. The van der Waals surface area contributed by atoms with E-state index >= 15 is 0 Å². The van der Waals surface area contributed by atoms with Gasteiger partial charge in [-0.25, -0.2) is 14.6 Å². The van der Waals surface area contributed by atoms with Gasteiger partial charge in [0, 0.05) is 16.8 Å². The Balaban J connectivity index is 1.57. The lowest BCUT2D eigenvalue weighted by Crippen LogP contribution is -2.01. The van der Waals surface area contributed by atoms with Crippen LogP contribution in [0.5, 0.6) is 11.5 Å². The van der Waals surface area contributed by atoms with E-state index in [9.17, 15) is 0 Å². The van der Waals surface area contributed by atoms with Crippen LogP contribution in [0.1, 0.15) is 5.56 Å². The third-order valence-corrected chi connectivity index (χ3v) is 4.64. The van der Waals surface area contributed by atoms with Crippen molar-refractivity contribution in [3.05, 3.63) is 59.5 Å². The molecule has 1 N–H and O–H groups in total. The normalized spacial score (nSPS) is 12.5. The number of hydrogen-bond acceptors (Lipinski definition) is 6. The predicted molar refractivity (Wildman–Crippen MR) is 102 cm³/mol. The van der Waals surface area contributed by atoms with Crippen LogP contribution < -0.4 is 14.8 Å². The number of anilines is 2. The molecule has 2 aromatic heterocycles. The van der Waals surface area contributed by atoms with E-state index < -0.39 is 0 Å². The minimum Gasteiger partial charge on any atom is -0.454 e. The summed E-state index contributed by atoms with van der Waals surface area (Å²) < 4.78 is 12.5. The molecule has 27 heavy (non-hydrogen) atoms. The molecule has 0 aliphatic carbocycles. The minimum absolute atomic E-state index is 0.238. The van der Waals surface area contributed by atoms with E-state index in [1.165, 1.54) is 6.33 Å². The molecule has 5 rings (SSSR count). The van der Waals surface area contributed by atoms with Crippen molar-refractivity contribution >= 4 is 34.1 Å². The predicted octanol–water partition coefficient (Wildman–Crippen LogP) is 4.25. The van der Waals surface area contributed by atoms with Gasteiger partial charge in [0.1, 0.15) is 12.1 Å². The molecule has 2 aromatic carbocycles. The van der Waals surface area contributed by atoms with Gasteiger partial charge in [-0.2, -0.15) is 5.10 Å². The Morgan fingerprint density at radius 2 is 1.96 bits per heavy atom. The van der Waals surface area contributed by atoms with Crippen molar-refractivity contribution in [1.29, 1.82) is 0 Å². The molecule has 0 fully saturated rings. The quantitative estimate of drug-likeness (QED) is 0.573. The molecule has 4 aromatic rings. The van der Waals surface area contributed by atoms with Crippen molar-refractivity contribution in [2.75, 3.05) is 12.1 Å². The molecule has 0 unspecified atom stereocenters. The van der Waals surface area contributed by atoms with E-state index in [2.05, 4.69) is 20.4 Å². The van der Waals surface area contributed by atoms with E-state index in [1.54, 1.807) is 10.9 Å². The fraction of sp³-hybridized carbons (Fsp3) is 0.105. The van der Waals surface area contributed by atoms with Crippen LogP contribution in [-0.2, 0) is 0 Å². The maximum Gasteiger partial charge on any atom is 0.231 e. The first-order chi connectivity index (χ1) is 13.2. The summed E-state index contributed by atoms with van der Waals surface area (Å²) >= 11 is 6.16. The van der Waals surface area contributed by atoms with Gasteiger partial charge >= 0.3 is 0 Å². The maximum absolute atomic E-state index is 6.16. The van der Waals surface area contributed by atoms with Crippen molar-refractivity contribution < 1.29 is 9.47 Å². The molecule has 7 nitrogen and oxygen atoms in total. The van der Waals surface area contributed by atoms with E-state index in [-0.39, 0.29) is 6.79 Å². The zero-order valence-corrected chi connectivity index (χ0v) is 15.1. The summed E-state index contributed by atoms with van der Waals surface area (Å²) in [5, 5.41) is 9.25. The standard InChI is InChI=1S/C19H14ClN5O2/c1-11-2-3-12(20)6-15(11)25-19-14(8-23-25)18(21-9-22-19)24-13-4-5-16-17(7-13)27-10-26-16/h2-9H,10H2,1H3,(H,21,22,24). The maximum atomic E-state index is 6.16. The summed E-state index contributed by atoms with van der Waals surface area (Å²) in [5.41, 5.74) is 3.46. The van der Waals surface area contributed by atoms with Crippen molar-refractivity contribution in [2.24, 2.45) is 0 Å². The van der Waals surface area contributed by atoms with E-state index in [0.29, 0.717) is 22.2 Å².